The van der Waals surface area contributed by atoms with Crippen LogP contribution in [0.15, 0.2) is 48.6 Å². The molecule has 19 nitrogen and oxygen atoms in total. The van der Waals surface area contributed by atoms with Crippen molar-refractivity contribution in [1.82, 2.24) is 0 Å². The maximum atomic E-state index is 13.1. The summed E-state index contributed by atoms with van der Waals surface area (Å²) in [5.41, 5.74) is 0. The highest BCUT2D eigenvalue weighted by molar-refractivity contribution is 7.47. The Balaban J connectivity index is 2.74. The van der Waals surface area contributed by atoms with Crippen molar-refractivity contribution < 1.29 is 90.6 Å². The van der Waals surface area contributed by atoms with E-state index >= 15 is 0 Å². The molecule has 0 spiro atoms. The summed E-state index contributed by atoms with van der Waals surface area (Å²) in [5, 5.41) is 31.9. The Labute approximate surface area is 397 Å². The maximum Gasteiger partial charge on any atom is 0.472 e. The van der Waals surface area contributed by atoms with E-state index in [0.717, 1.165) is 103 Å². The summed E-state index contributed by atoms with van der Waals surface area (Å²) in [6, 6.07) is 0. The van der Waals surface area contributed by atoms with Gasteiger partial charge in [0.05, 0.1) is 6.61 Å². The zero-order valence-electron chi connectivity index (χ0n) is 39.5. The van der Waals surface area contributed by atoms with Crippen molar-refractivity contribution in [2.45, 2.75) is 211 Å². The SMILES string of the molecule is CCC=CCC=CCC=CCCCCCCCC(=O)OCC(COP(=O)(O)OC1C(O)C(O)C(OP(=O)(O)O)C(OP(=O)(O)O)C1O)OC(=O)CCCCCCCCCC=CCCCCCC. The van der Waals surface area contributed by atoms with Crippen LogP contribution >= 0.6 is 23.5 Å². The highest BCUT2D eigenvalue weighted by Gasteiger charge is 2.56. The monoisotopic (exact) mass is 1020 g/mol. The smallest absolute Gasteiger partial charge is 0.462 e. The minimum Gasteiger partial charge on any atom is -0.462 e. The number of ether oxygens (including phenoxy) is 2. The molecule has 0 aromatic rings. The first-order valence-corrected chi connectivity index (χ1v) is 28.5. The number of unbranched alkanes of at least 4 members (excludes halogenated alkanes) is 16. The molecule has 0 saturated heterocycles. The van der Waals surface area contributed by atoms with Gasteiger partial charge in [0.1, 0.15) is 43.2 Å². The van der Waals surface area contributed by atoms with E-state index in [0.29, 0.717) is 12.8 Å². The van der Waals surface area contributed by atoms with E-state index in [4.69, 9.17) is 18.5 Å². The first-order valence-electron chi connectivity index (χ1n) is 23.9. The third-order valence-electron chi connectivity index (χ3n) is 10.6. The van der Waals surface area contributed by atoms with Crippen molar-refractivity contribution in [3.63, 3.8) is 0 Å². The number of hydrogen-bond acceptors (Lipinski definition) is 14. The highest BCUT2D eigenvalue weighted by atomic mass is 31.2. The largest absolute Gasteiger partial charge is 0.472 e. The number of phosphoric ester groups is 3. The Morgan fingerprint density at radius 3 is 1.42 bits per heavy atom. The summed E-state index contributed by atoms with van der Waals surface area (Å²) in [4.78, 5) is 73.2. The van der Waals surface area contributed by atoms with E-state index < -0.39 is 91.3 Å². The van der Waals surface area contributed by atoms with Gasteiger partial charge in [0.15, 0.2) is 6.10 Å². The highest BCUT2D eigenvalue weighted by Crippen LogP contribution is 2.51. The van der Waals surface area contributed by atoms with Crippen molar-refractivity contribution in [3.8, 4) is 0 Å². The van der Waals surface area contributed by atoms with Crippen LogP contribution < -0.4 is 0 Å². The number of aliphatic hydroxyl groups is 3. The summed E-state index contributed by atoms with van der Waals surface area (Å²) in [6.07, 6.45) is 22.7. The molecule has 1 aliphatic rings. The molecule has 0 bridgehead atoms. The van der Waals surface area contributed by atoms with Gasteiger partial charge in [0, 0.05) is 12.8 Å². The fourth-order valence-electron chi connectivity index (χ4n) is 7.06. The van der Waals surface area contributed by atoms with Crippen molar-refractivity contribution in [2.24, 2.45) is 0 Å². The zero-order valence-corrected chi connectivity index (χ0v) is 42.1. The van der Waals surface area contributed by atoms with Gasteiger partial charge in [-0.3, -0.25) is 27.7 Å². The molecule has 8 N–H and O–H groups in total. The quantitative estimate of drug-likeness (QED) is 0.0123. The Morgan fingerprint density at radius 1 is 0.493 bits per heavy atom. The molecule has 0 heterocycles. The Kier molecular flexibility index (Phi) is 34.8. The molecule has 8 atom stereocenters. The summed E-state index contributed by atoms with van der Waals surface area (Å²) >= 11 is 0. The number of carbonyl (C=O) groups excluding carboxylic acids is 2. The Bertz CT molecular complexity index is 1590. The predicted octanol–water partition coefficient (Wildman–Crippen LogP) is 8.62. The van der Waals surface area contributed by atoms with Crippen molar-refractivity contribution in [1.29, 1.82) is 0 Å². The second-order valence-electron chi connectivity index (χ2n) is 16.7. The Morgan fingerprint density at radius 2 is 0.910 bits per heavy atom. The van der Waals surface area contributed by atoms with Crippen molar-refractivity contribution >= 4 is 35.4 Å². The first-order chi connectivity index (χ1) is 31.8. The molecule has 8 unspecified atom stereocenters. The zero-order chi connectivity index (χ0) is 50.0. The van der Waals surface area contributed by atoms with Crippen LogP contribution in [-0.4, -0.2) is 108 Å². The van der Waals surface area contributed by atoms with Crippen LogP contribution in [0.1, 0.15) is 168 Å². The molecular weight excluding hydrogens is 937 g/mol. The average molecular weight is 1020 g/mol. The number of esters is 2. The van der Waals surface area contributed by atoms with Crippen LogP contribution in [-0.2, 0) is 50.9 Å². The van der Waals surface area contributed by atoms with E-state index in [1.165, 1.54) is 25.7 Å². The topological polar surface area (TPSA) is 303 Å². The molecule has 1 fully saturated rings. The van der Waals surface area contributed by atoms with Crippen molar-refractivity contribution in [2.75, 3.05) is 13.2 Å². The molecule has 390 valence electrons. The summed E-state index contributed by atoms with van der Waals surface area (Å²) < 4.78 is 65.5. The van der Waals surface area contributed by atoms with Crippen LogP contribution in [0.25, 0.3) is 0 Å². The van der Waals surface area contributed by atoms with Gasteiger partial charge in [0.25, 0.3) is 0 Å². The maximum absolute atomic E-state index is 13.1. The number of phosphoric acid groups is 3. The number of allylic oxidation sites excluding steroid dienone is 8. The number of carbonyl (C=O) groups is 2. The van der Waals surface area contributed by atoms with Gasteiger partial charge in [-0.15, -0.1) is 0 Å². The van der Waals surface area contributed by atoms with E-state index in [9.17, 15) is 63.1 Å². The van der Waals surface area contributed by atoms with E-state index in [2.05, 4.69) is 71.5 Å². The minimum atomic E-state index is -5.60. The van der Waals surface area contributed by atoms with Crippen LogP contribution in [0.4, 0.5) is 0 Å². The number of rotatable bonds is 40. The third-order valence-corrected chi connectivity index (χ3v) is 12.6. The molecular formula is C45H81O19P3. The second-order valence-corrected chi connectivity index (χ2v) is 20.4. The molecule has 1 rings (SSSR count). The molecule has 0 aromatic carbocycles. The molecule has 1 saturated carbocycles. The fraction of sp³-hybridized carbons (Fsp3) is 0.778. The molecule has 67 heavy (non-hydrogen) atoms. The average Bonchev–Trinajstić information content (AvgIpc) is 3.25. The van der Waals surface area contributed by atoms with Crippen LogP contribution in [0.3, 0.4) is 0 Å². The van der Waals surface area contributed by atoms with Crippen LogP contribution in [0, 0.1) is 0 Å². The lowest BCUT2D eigenvalue weighted by atomic mass is 9.85. The molecule has 1 aliphatic carbocycles. The molecule has 0 radical (unpaired) electrons. The predicted molar refractivity (Wildman–Crippen MR) is 252 cm³/mol. The summed E-state index contributed by atoms with van der Waals surface area (Å²) in [5.74, 6) is -1.32. The van der Waals surface area contributed by atoms with Crippen LogP contribution in [0.2, 0.25) is 0 Å². The van der Waals surface area contributed by atoms with Gasteiger partial charge in [-0.25, -0.2) is 13.7 Å². The second kappa shape index (κ2) is 37.0. The molecule has 0 amide bonds. The van der Waals surface area contributed by atoms with Crippen LogP contribution in [0.5, 0.6) is 0 Å². The van der Waals surface area contributed by atoms with E-state index in [1.807, 2.05) is 0 Å². The first kappa shape index (κ1) is 63.1. The molecule has 0 aliphatic heterocycles. The lowest BCUT2D eigenvalue weighted by molar-refractivity contribution is -0.213. The molecule has 22 heteroatoms. The van der Waals surface area contributed by atoms with Gasteiger partial charge < -0.3 is 49.3 Å². The van der Waals surface area contributed by atoms with Gasteiger partial charge in [-0.05, 0) is 70.6 Å². The summed E-state index contributed by atoms with van der Waals surface area (Å²) in [7, 11) is -16.6. The van der Waals surface area contributed by atoms with E-state index in [1.54, 1.807) is 0 Å². The van der Waals surface area contributed by atoms with Crippen molar-refractivity contribution in [3.05, 3.63) is 48.6 Å². The number of aliphatic hydroxyl groups excluding tert-OH is 3. The number of hydrogen-bond donors (Lipinski definition) is 8. The summed E-state index contributed by atoms with van der Waals surface area (Å²) in [6.45, 7) is 2.80. The lowest BCUT2D eigenvalue weighted by Crippen LogP contribution is -2.65. The third kappa shape index (κ3) is 33.4. The minimum absolute atomic E-state index is 0.0122. The van der Waals surface area contributed by atoms with Gasteiger partial charge in [-0.1, -0.05) is 133 Å². The van der Waals surface area contributed by atoms with Gasteiger partial charge in [-0.2, -0.15) is 0 Å². The standard InChI is InChI=1S/C45H81O19P3/c1-3-5-7-9-11-13-15-17-19-21-23-25-27-29-31-33-38(46)59-35-37(61-39(47)34-32-30-28-26-24-22-20-18-16-14-12-10-8-6-4-2)36-60-67(57,58)64-43-40(48)41(49)44(62-65(51,52)53)45(42(43)50)63-66(54,55)56/h5,7,11,13-14,16-17,19,37,40-45,48-50H,3-4,6,8-10,12,15,18,20-36H2,1-2H3,(H,57,58)(H2,51,52,53)(H2,54,55,56). The lowest BCUT2D eigenvalue weighted by Gasteiger charge is -2.44. The van der Waals surface area contributed by atoms with Gasteiger partial charge >= 0.3 is 35.4 Å². The molecule has 0 aromatic heterocycles. The fourth-order valence-corrected chi connectivity index (χ4v) is 9.16. The Hall–Kier alpha value is -1.89. The van der Waals surface area contributed by atoms with Gasteiger partial charge in [0.2, 0.25) is 0 Å². The van der Waals surface area contributed by atoms with E-state index in [-0.39, 0.29) is 12.8 Å². The normalized spacial score (nSPS) is 22.0.